The summed E-state index contributed by atoms with van der Waals surface area (Å²) in [5, 5.41) is 6.90. The predicted octanol–water partition coefficient (Wildman–Crippen LogP) is 5.41. The molecule has 17 nitrogen and oxygen atoms in total. The highest BCUT2D eigenvalue weighted by Crippen LogP contribution is 2.32. The summed E-state index contributed by atoms with van der Waals surface area (Å²) < 4.78 is 43.4. The second-order valence-electron chi connectivity index (χ2n) is 15.0. The maximum Gasteiger partial charge on any atom is 0.408 e. The van der Waals surface area contributed by atoms with Crippen LogP contribution in [0, 0.1) is 0 Å². The van der Waals surface area contributed by atoms with Crippen LogP contribution in [0.5, 0.6) is 0 Å². The Balaban J connectivity index is 1.29. The van der Waals surface area contributed by atoms with Crippen molar-refractivity contribution in [1.29, 1.82) is 0 Å². The number of carbonyl (C=O) groups excluding carboxylic acids is 6. The standard InChI is InChI=1S/C44H61N3O14S2Si/c1-30(48)35(46-42(52)60-29-32-13-8-14-33(27-32)34(40-58-23-24-59-40)15-9-17-37(49)54-2)19-25-62-63-26-20-44(64-4,47-43(53)61-28-31-11-6-5-7-12-31)41(51)45-36(39(50)55-3)16-10-18-38-56-21-22-57-38/h5-8,11-14,27,34-36,38,40H,9-10,15-26,28-29H2,1-4H3,(H,45,51)(H,46,52)(H,47,53)/t34?,35-,36-,44-/m0/s1. The molecule has 64 heavy (non-hydrogen) atoms. The summed E-state index contributed by atoms with van der Waals surface area (Å²) in [6.07, 6.45) is 0.975. The molecule has 2 aromatic rings. The van der Waals surface area contributed by atoms with Crippen LogP contribution in [0.15, 0.2) is 54.6 Å². The molecular weight excluding hydrogens is 887 g/mol. The molecule has 2 aliphatic heterocycles. The fraction of sp³-hybridized carbons (Fsp3) is 0.591. The molecule has 4 atom stereocenters. The zero-order valence-electron chi connectivity index (χ0n) is 36.9. The smallest absolute Gasteiger partial charge is 0.408 e. The zero-order chi connectivity index (χ0) is 46.2. The summed E-state index contributed by atoms with van der Waals surface area (Å²) in [5.41, 5.74) is 2.43. The first-order valence-corrected chi connectivity index (χ1v) is 25.3. The normalized spacial score (nSPS) is 16.4. The number of ether oxygens (including phenoxy) is 8. The van der Waals surface area contributed by atoms with Crippen LogP contribution in [-0.4, -0.2) is 127 Å². The highest BCUT2D eigenvalue weighted by Gasteiger charge is 2.41. The Morgan fingerprint density at radius 2 is 1.44 bits per heavy atom. The fourth-order valence-electron chi connectivity index (χ4n) is 6.94. The molecular formula is C44H61N3O14S2Si. The Kier molecular flexibility index (Phi) is 23.5. The number of esters is 2. The maximum atomic E-state index is 14.1. The van der Waals surface area contributed by atoms with Crippen molar-refractivity contribution < 1.29 is 66.7 Å². The molecule has 0 spiro atoms. The number of amides is 3. The van der Waals surface area contributed by atoms with E-state index >= 15 is 0 Å². The van der Waals surface area contributed by atoms with Gasteiger partial charge in [0.1, 0.15) is 24.4 Å². The minimum atomic E-state index is -1.42. The lowest BCUT2D eigenvalue weighted by atomic mass is 9.91. The largest absolute Gasteiger partial charge is 0.469 e. The van der Waals surface area contributed by atoms with Gasteiger partial charge in [-0.1, -0.05) is 82.7 Å². The van der Waals surface area contributed by atoms with E-state index in [-0.39, 0.29) is 66.0 Å². The van der Waals surface area contributed by atoms with E-state index in [1.807, 2.05) is 54.6 Å². The molecule has 3 amide bonds. The number of alkyl carbamates (subject to hydrolysis) is 2. The van der Waals surface area contributed by atoms with Crippen molar-refractivity contribution in [2.24, 2.45) is 0 Å². The zero-order valence-corrected chi connectivity index (χ0v) is 39.6. The second-order valence-corrected chi connectivity index (χ2v) is 19.0. The summed E-state index contributed by atoms with van der Waals surface area (Å²) >= 11 is 0. The highest BCUT2D eigenvalue weighted by atomic mass is 33.1. The summed E-state index contributed by atoms with van der Waals surface area (Å²) in [7, 11) is 5.38. The molecule has 0 aliphatic carbocycles. The summed E-state index contributed by atoms with van der Waals surface area (Å²) in [6.45, 7) is 5.12. The van der Waals surface area contributed by atoms with E-state index in [9.17, 15) is 28.8 Å². The molecule has 2 heterocycles. The van der Waals surface area contributed by atoms with Gasteiger partial charge in [-0.3, -0.25) is 14.4 Å². The Hall–Kier alpha value is -4.18. The Morgan fingerprint density at radius 1 is 0.766 bits per heavy atom. The van der Waals surface area contributed by atoms with Crippen LogP contribution in [0.25, 0.3) is 0 Å². The number of methoxy groups -OCH3 is 2. The summed E-state index contributed by atoms with van der Waals surface area (Å²) in [6, 6.07) is 14.9. The molecule has 0 bridgehead atoms. The minimum Gasteiger partial charge on any atom is -0.469 e. The molecule has 0 aromatic heterocycles. The molecule has 2 aromatic carbocycles. The minimum absolute atomic E-state index is 0.00267. The number of ketones is 1. The number of nitrogens with one attached hydrogen (secondary N) is 3. The van der Waals surface area contributed by atoms with Gasteiger partial charge in [0.25, 0.3) is 0 Å². The predicted molar refractivity (Wildman–Crippen MR) is 240 cm³/mol. The fourth-order valence-corrected chi connectivity index (χ4v) is 10.2. The number of rotatable bonds is 28. The first-order chi connectivity index (χ1) is 31.0. The van der Waals surface area contributed by atoms with Crippen molar-refractivity contribution in [3.05, 3.63) is 71.3 Å². The monoisotopic (exact) mass is 947 g/mol. The lowest BCUT2D eigenvalue weighted by Gasteiger charge is -2.33. The first-order valence-electron chi connectivity index (χ1n) is 21.3. The molecule has 2 fully saturated rings. The third-order valence-corrected chi connectivity index (χ3v) is 14.4. The first kappa shape index (κ1) is 52.4. The molecule has 3 N–H and O–H groups in total. The van der Waals surface area contributed by atoms with Crippen molar-refractivity contribution in [2.45, 2.75) is 114 Å². The van der Waals surface area contributed by atoms with Crippen molar-refractivity contribution >= 4 is 66.9 Å². The van der Waals surface area contributed by atoms with Gasteiger partial charge in [-0.15, -0.1) is 0 Å². The number of benzene rings is 2. The van der Waals surface area contributed by atoms with Crippen LogP contribution < -0.4 is 16.0 Å². The number of Topliss-reactive ketones (excluding diaryl/α,β-unsaturated/α-hetero) is 1. The molecule has 0 saturated carbocycles. The van der Waals surface area contributed by atoms with Gasteiger partial charge < -0.3 is 53.8 Å². The van der Waals surface area contributed by atoms with Gasteiger partial charge in [-0.2, -0.15) is 0 Å². The van der Waals surface area contributed by atoms with Gasteiger partial charge in [0, 0.05) is 23.8 Å². The molecule has 2 aliphatic rings. The Bertz CT molecular complexity index is 1790. The van der Waals surface area contributed by atoms with Crippen LogP contribution in [-0.2, 0) is 70.3 Å². The Morgan fingerprint density at radius 3 is 2.12 bits per heavy atom. The van der Waals surface area contributed by atoms with Crippen LogP contribution in [0.4, 0.5) is 9.59 Å². The molecule has 20 heteroatoms. The van der Waals surface area contributed by atoms with Crippen LogP contribution in [0.2, 0.25) is 6.55 Å². The van der Waals surface area contributed by atoms with Crippen LogP contribution in [0.1, 0.15) is 80.9 Å². The quantitative estimate of drug-likeness (QED) is 0.0320. The van der Waals surface area contributed by atoms with E-state index in [2.05, 4.69) is 16.0 Å². The summed E-state index contributed by atoms with van der Waals surface area (Å²) in [4.78, 5) is 77.3. The number of carbonyl (C=O) groups is 6. The lowest BCUT2D eigenvalue weighted by Crippen LogP contribution is -2.64. The van der Waals surface area contributed by atoms with Crippen molar-refractivity contribution in [3.63, 3.8) is 0 Å². The van der Waals surface area contributed by atoms with Gasteiger partial charge >= 0.3 is 24.1 Å². The third-order valence-electron chi connectivity index (χ3n) is 10.5. The highest BCUT2D eigenvalue weighted by molar-refractivity contribution is 8.76. The average Bonchev–Trinajstić information content (AvgIpc) is 4.05. The van der Waals surface area contributed by atoms with Crippen molar-refractivity contribution in [3.8, 4) is 0 Å². The van der Waals surface area contributed by atoms with E-state index in [0.717, 1.165) is 16.7 Å². The maximum absolute atomic E-state index is 14.1. The van der Waals surface area contributed by atoms with E-state index in [1.54, 1.807) is 6.55 Å². The number of hydrogen-bond acceptors (Lipinski definition) is 16. The second kappa shape index (κ2) is 28.7. The average molecular weight is 948 g/mol. The Labute approximate surface area is 385 Å². The molecule has 1 unspecified atom stereocenters. The van der Waals surface area contributed by atoms with Gasteiger partial charge in [0.05, 0.1) is 56.2 Å². The van der Waals surface area contributed by atoms with Crippen LogP contribution in [0.3, 0.4) is 0 Å². The van der Waals surface area contributed by atoms with Gasteiger partial charge in [-0.25, -0.2) is 14.4 Å². The topological polar surface area (TPSA) is 212 Å². The molecule has 4 rings (SSSR count). The van der Waals surface area contributed by atoms with E-state index in [1.165, 1.54) is 42.7 Å². The van der Waals surface area contributed by atoms with Gasteiger partial charge in [-0.05, 0) is 68.6 Å². The molecule has 2 saturated heterocycles. The number of hydrogen-bond donors (Lipinski definition) is 3. The lowest BCUT2D eigenvalue weighted by molar-refractivity contribution is -0.146. The van der Waals surface area contributed by atoms with Gasteiger partial charge in [0.15, 0.2) is 18.4 Å². The van der Waals surface area contributed by atoms with Crippen molar-refractivity contribution in [2.75, 3.05) is 52.2 Å². The van der Waals surface area contributed by atoms with Crippen LogP contribution >= 0.6 is 21.6 Å². The molecule has 352 valence electrons. The van der Waals surface area contributed by atoms with Gasteiger partial charge in [0.2, 0.25) is 5.91 Å². The van der Waals surface area contributed by atoms with E-state index in [0.29, 0.717) is 70.0 Å². The van der Waals surface area contributed by atoms with Crippen molar-refractivity contribution in [1.82, 2.24) is 16.0 Å². The molecule has 2 radical (unpaired) electrons. The SMILES string of the molecule is COC(=O)CCCC(c1cccc(COC(=O)N[C@@H](CCSSCC[C@](NC(=O)OCc2ccccc2)([Si]C)C(=O)N[C@@H](CCCC2OCCO2)C(=O)OC)C(C)=O)c1)C1OCCO1. The summed E-state index contributed by atoms with van der Waals surface area (Å²) in [5.74, 6) is -0.943. The van der Waals surface area contributed by atoms with E-state index in [4.69, 9.17) is 37.9 Å². The van der Waals surface area contributed by atoms with E-state index < -0.39 is 47.6 Å². The third kappa shape index (κ3) is 18.0.